The highest BCUT2D eigenvalue weighted by molar-refractivity contribution is 14.1. The molecule has 0 saturated heterocycles. The molecule has 0 unspecified atom stereocenters. The number of anilines is 2. The maximum atomic E-state index is 12.5. The minimum Gasteiger partial charge on any atom is -0.507 e. The largest absolute Gasteiger partial charge is 0.507 e. The summed E-state index contributed by atoms with van der Waals surface area (Å²) in [5.74, 6) is 0.0356. The molecule has 20 heavy (non-hydrogen) atoms. The van der Waals surface area contributed by atoms with E-state index in [0.29, 0.717) is 17.8 Å². The monoisotopic (exact) mass is 380 g/mol. The Hall–Kier alpha value is -1.76. The Balaban J connectivity index is 1.95. The molecule has 0 spiro atoms. The smallest absolute Gasteiger partial charge is 0.258 e. The summed E-state index contributed by atoms with van der Waals surface area (Å²) in [7, 11) is 0. The number of phenolic OH excluding ortho intramolecular Hbond substituents is 1. The number of phenols is 1. The summed E-state index contributed by atoms with van der Waals surface area (Å²) in [5.41, 5.74) is 8.96. The Morgan fingerprint density at radius 1 is 1.25 bits per heavy atom. The third-order valence-electron chi connectivity index (χ3n) is 3.44. The Kier molecular flexibility index (Phi) is 3.29. The third kappa shape index (κ3) is 2.22. The maximum Gasteiger partial charge on any atom is 0.258 e. The van der Waals surface area contributed by atoms with Crippen molar-refractivity contribution in [2.45, 2.75) is 6.42 Å². The quantitative estimate of drug-likeness (QED) is 0.591. The molecule has 102 valence electrons. The van der Waals surface area contributed by atoms with Crippen molar-refractivity contribution >= 4 is 39.9 Å². The zero-order valence-electron chi connectivity index (χ0n) is 10.6. The lowest BCUT2D eigenvalue weighted by atomic mass is 10.1. The highest BCUT2D eigenvalue weighted by atomic mass is 127. The van der Waals surface area contributed by atoms with Gasteiger partial charge < -0.3 is 15.7 Å². The molecule has 1 heterocycles. The number of nitrogens with two attached hydrogens (primary N) is 1. The molecule has 0 fully saturated rings. The number of halogens is 1. The van der Waals surface area contributed by atoms with Gasteiger partial charge in [0, 0.05) is 23.5 Å². The number of hydrogen-bond acceptors (Lipinski definition) is 3. The predicted octanol–water partition coefficient (Wildman–Crippen LogP) is 2.78. The number of carbonyl (C=O) groups is 1. The van der Waals surface area contributed by atoms with Crippen molar-refractivity contribution < 1.29 is 9.90 Å². The van der Waals surface area contributed by atoms with Gasteiger partial charge in [0.05, 0.1) is 3.57 Å². The summed E-state index contributed by atoms with van der Waals surface area (Å²) < 4.78 is 0.730. The molecule has 0 aromatic heterocycles. The van der Waals surface area contributed by atoms with E-state index in [9.17, 15) is 9.90 Å². The number of rotatable bonds is 1. The van der Waals surface area contributed by atoms with Crippen LogP contribution in [0.25, 0.3) is 0 Å². The van der Waals surface area contributed by atoms with Gasteiger partial charge >= 0.3 is 0 Å². The lowest BCUT2D eigenvalue weighted by Crippen LogP contribution is -2.28. The number of fused-ring (bicyclic) bond motifs is 1. The molecule has 1 amide bonds. The van der Waals surface area contributed by atoms with Gasteiger partial charge in [-0.25, -0.2) is 0 Å². The summed E-state index contributed by atoms with van der Waals surface area (Å²) in [5, 5.41) is 9.73. The van der Waals surface area contributed by atoms with Crippen molar-refractivity contribution in [3.8, 4) is 5.75 Å². The Morgan fingerprint density at radius 3 is 2.80 bits per heavy atom. The summed E-state index contributed by atoms with van der Waals surface area (Å²) in [4.78, 5) is 14.3. The van der Waals surface area contributed by atoms with E-state index in [2.05, 4.69) is 0 Å². The van der Waals surface area contributed by atoms with Crippen LogP contribution in [0.15, 0.2) is 36.4 Å². The number of benzene rings is 2. The third-order valence-corrected chi connectivity index (χ3v) is 4.35. The number of aromatic hydroxyl groups is 1. The van der Waals surface area contributed by atoms with Gasteiger partial charge in [0.1, 0.15) is 5.75 Å². The summed E-state index contributed by atoms with van der Waals surface area (Å²) in [6.45, 7) is 0.643. The molecule has 1 aliphatic heterocycles. The van der Waals surface area contributed by atoms with E-state index in [1.54, 1.807) is 23.1 Å². The number of carbonyl (C=O) groups excluding carboxylic acids is 1. The summed E-state index contributed by atoms with van der Waals surface area (Å²) >= 11 is 2.03. The Labute approximate surface area is 130 Å². The minimum absolute atomic E-state index is 0.0970. The normalized spacial score (nSPS) is 13.3. The van der Waals surface area contributed by atoms with Crippen LogP contribution in [0.1, 0.15) is 15.9 Å². The Morgan fingerprint density at radius 2 is 2.05 bits per heavy atom. The Bertz CT molecular complexity index is 700. The van der Waals surface area contributed by atoms with Crippen molar-refractivity contribution in [3.63, 3.8) is 0 Å². The van der Waals surface area contributed by atoms with Crippen molar-refractivity contribution in [2.24, 2.45) is 0 Å². The SMILES string of the molecule is Nc1ccc2c(c1)CCN2C(=O)c1ccc(I)c(O)c1. The van der Waals surface area contributed by atoms with E-state index in [1.807, 2.05) is 34.7 Å². The van der Waals surface area contributed by atoms with Crippen LogP contribution in [0.5, 0.6) is 5.75 Å². The average molecular weight is 380 g/mol. The molecule has 3 N–H and O–H groups in total. The minimum atomic E-state index is -0.0970. The van der Waals surface area contributed by atoms with Gasteiger partial charge in [-0.3, -0.25) is 4.79 Å². The van der Waals surface area contributed by atoms with E-state index in [-0.39, 0.29) is 11.7 Å². The molecule has 0 saturated carbocycles. The zero-order valence-corrected chi connectivity index (χ0v) is 12.8. The highest BCUT2D eigenvalue weighted by Crippen LogP contribution is 2.31. The standard InChI is InChI=1S/C15H13IN2O2/c16-12-3-1-10(8-14(12)19)15(20)18-6-5-9-7-11(17)2-4-13(9)18/h1-4,7-8,19H,5-6,17H2. The molecule has 0 bridgehead atoms. The van der Waals surface area contributed by atoms with E-state index in [1.165, 1.54) is 6.07 Å². The van der Waals surface area contributed by atoms with E-state index < -0.39 is 0 Å². The van der Waals surface area contributed by atoms with Crippen LogP contribution in [-0.2, 0) is 6.42 Å². The first-order valence-electron chi connectivity index (χ1n) is 6.25. The van der Waals surface area contributed by atoms with E-state index >= 15 is 0 Å². The molecule has 0 atom stereocenters. The van der Waals surface area contributed by atoms with Crippen LogP contribution in [0.4, 0.5) is 11.4 Å². The van der Waals surface area contributed by atoms with Crippen LogP contribution < -0.4 is 10.6 Å². The van der Waals surface area contributed by atoms with Gasteiger partial charge in [-0.15, -0.1) is 0 Å². The number of nitrogens with zero attached hydrogens (tertiary/aromatic N) is 1. The first-order chi connectivity index (χ1) is 9.56. The van der Waals surface area contributed by atoms with Crippen LogP contribution in [-0.4, -0.2) is 17.6 Å². The average Bonchev–Trinajstić information content (AvgIpc) is 2.84. The van der Waals surface area contributed by atoms with Crippen molar-refractivity contribution in [2.75, 3.05) is 17.2 Å². The second-order valence-electron chi connectivity index (χ2n) is 4.76. The number of amides is 1. The summed E-state index contributed by atoms with van der Waals surface area (Å²) in [6, 6.07) is 10.6. The maximum absolute atomic E-state index is 12.5. The van der Waals surface area contributed by atoms with Gasteiger partial charge in [0.15, 0.2) is 0 Å². The topological polar surface area (TPSA) is 66.6 Å². The number of nitrogen functional groups attached to an aromatic ring is 1. The molecule has 2 aromatic rings. The van der Waals surface area contributed by atoms with Crippen molar-refractivity contribution in [1.29, 1.82) is 0 Å². The fraction of sp³-hybridized carbons (Fsp3) is 0.133. The molecule has 0 radical (unpaired) electrons. The molecule has 2 aromatic carbocycles. The lowest BCUT2D eigenvalue weighted by molar-refractivity contribution is 0.0989. The van der Waals surface area contributed by atoms with Crippen LogP contribution >= 0.6 is 22.6 Å². The van der Waals surface area contributed by atoms with Gasteiger partial charge in [0.2, 0.25) is 0 Å². The van der Waals surface area contributed by atoms with Crippen molar-refractivity contribution in [3.05, 3.63) is 51.1 Å². The second-order valence-corrected chi connectivity index (χ2v) is 5.92. The highest BCUT2D eigenvalue weighted by Gasteiger charge is 2.25. The molecule has 5 heteroatoms. The van der Waals surface area contributed by atoms with Crippen LogP contribution in [0.3, 0.4) is 0 Å². The molecular weight excluding hydrogens is 367 g/mol. The predicted molar refractivity (Wildman–Crippen MR) is 87.1 cm³/mol. The van der Waals surface area contributed by atoms with Crippen LogP contribution in [0.2, 0.25) is 0 Å². The molecular formula is C15H13IN2O2. The number of hydrogen-bond donors (Lipinski definition) is 2. The second kappa shape index (κ2) is 4.97. The fourth-order valence-corrected chi connectivity index (χ4v) is 2.77. The molecule has 3 rings (SSSR count). The van der Waals surface area contributed by atoms with Gasteiger partial charge in [-0.1, -0.05) is 0 Å². The fourth-order valence-electron chi connectivity index (χ4n) is 2.43. The zero-order chi connectivity index (χ0) is 14.3. The van der Waals surface area contributed by atoms with E-state index in [4.69, 9.17) is 5.73 Å². The van der Waals surface area contributed by atoms with Crippen LogP contribution in [0, 0.1) is 3.57 Å². The van der Waals surface area contributed by atoms with Crippen molar-refractivity contribution in [1.82, 2.24) is 0 Å². The molecule has 1 aliphatic rings. The van der Waals surface area contributed by atoms with Gasteiger partial charge in [-0.2, -0.15) is 0 Å². The van der Waals surface area contributed by atoms with Gasteiger partial charge in [0.25, 0.3) is 5.91 Å². The molecule has 4 nitrogen and oxygen atoms in total. The first-order valence-corrected chi connectivity index (χ1v) is 7.33. The molecule has 0 aliphatic carbocycles. The van der Waals surface area contributed by atoms with E-state index in [0.717, 1.165) is 21.2 Å². The lowest BCUT2D eigenvalue weighted by Gasteiger charge is -2.17. The first kappa shape index (κ1) is 13.2. The summed E-state index contributed by atoms with van der Waals surface area (Å²) in [6.07, 6.45) is 0.808. The van der Waals surface area contributed by atoms with Gasteiger partial charge in [-0.05, 0) is 71.0 Å².